The fraction of sp³-hybridized carbons (Fsp3) is 0.143. The minimum Gasteiger partial charge on any atom is -0.871 e. The predicted octanol–water partition coefficient (Wildman–Crippen LogP) is -6.35. The summed E-state index contributed by atoms with van der Waals surface area (Å²) >= 11 is 5.58. The van der Waals surface area contributed by atoms with E-state index in [2.05, 4.69) is 4.65 Å². The van der Waals surface area contributed by atoms with Gasteiger partial charge < -0.3 is 14.7 Å². The summed E-state index contributed by atoms with van der Waals surface area (Å²) in [5.74, 6) is 0. The third-order valence-electron chi connectivity index (χ3n) is 1.29. The summed E-state index contributed by atoms with van der Waals surface area (Å²) in [6.45, 7) is 0. The van der Waals surface area contributed by atoms with Gasteiger partial charge in [0.25, 0.3) is 0 Å². The second-order valence-corrected chi connectivity index (χ2v) is 2.55. The van der Waals surface area contributed by atoms with Crippen LogP contribution < -0.4 is 69.2 Å². The molecule has 1 rings (SSSR count). The van der Waals surface area contributed by atoms with Gasteiger partial charge >= 0.3 is 59.1 Å². The first kappa shape index (κ1) is 17.8. The van der Waals surface area contributed by atoms with Gasteiger partial charge in [-0.2, -0.15) is 0 Å². The molecule has 0 aliphatic rings. The Labute approximate surface area is 133 Å². The Kier molecular flexibility index (Phi) is 12.3. The van der Waals surface area contributed by atoms with E-state index in [0.29, 0.717) is 5.56 Å². The van der Waals surface area contributed by atoms with Gasteiger partial charge in [-0.05, 0) is 5.56 Å². The molecule has 0 aliphatic carbocycles. The molecule has 3 nitrogen and oxygen atoms in total. The molecule has 0 aromatic heterocycles. The maximum Gasteiger partial charge on any atom is 1.00 e. The number of rotatable bonds is 3. The maximum atomic E-state index is 10.0. The van der Waals surface area contributed by atoms with Crippen molar-refractivity contribution in [1.82, 2.24) is 0 Å². The van der Waals surface area contributed by atoms with E-state index in [1.807, 2.05) is 0 Å². The van der Waals surface area contributed by atoms with Crippen molar-refractivity contribution in [3.63, 3.8) is 0 Å². The first-order valence-corrected chi connectivity index (χ1v) is 3.80. The number of halogens is 1. The first-order chi connectivity index (χ1) is 5.70. The molecule has 0 fully saturated rings. The summed E-state index contributed by atoms with van der Waals surface area (Å²) in [6.07, 6.45) is 0. The second kappa shape index (κ2) is 9.66. The van der Waals surface area contributed by atoms with Crippen LogP contribution >= 0.6 is 11.6 Å². The molecule has 0 N–H and O–H groups in total. The van der Waals surface area contributed by atoms with Gasteiger partial charge in [-0.3, -0.25) is 0 Å². The largest absolute Gasteiger partial charge is 1.00 e. The van der Waals surface area contributed by atoms with Crippen LogP contribution in [0, 0.1) is 0 Å². The van der Waals surface area contributed by atoms with Gasteiger partial charge in [0.15, 0.2) is 0 Å². The van der Waals surface area contributed by atoms with Gasteiger partial charge in [-0.1, -0.05) is 41.9 Å². The van der Waals surface area contributed by atoms with Crippen LogP contribution in [0.5, 0.6) is 0 Å². The Morgan fingerprint density at radius 1 is 1.14 bits per heavy atom. The minimum absolute atomic E-state index is 0. The van der Waals surface area contributed by atoms with Crippen molar-refractivity contribution in [3.05, 3.63) is 35.9 Å². The SMILES string of the molecule is [Na+].[Na+].[O-]B([O-])OC(Cl)c1ccccc1. The molecule has 14 heavy (non-hydrogen) atoms. The smallest absolute Gasteiger partial charge is 0.871 e. The Morgan fingerprint density at radius 2 is 1.64 bits per heavy atom. The number of hydrogen-bond acceptors (Lipinski definition) is 3. The summed E-state index contributed by atoms with van der Waals surface area (Å²) in [5.41, 5.74) is -0.345. The van der Waals surface area contributed by atoms with Gasteiger partial charge in [0.2, 0.25) is 0 Å². The molecule has 0 spiro atoms. The van der Waals surface area contributed by atoms with Crippen molar-refractivity contribution in [2.45, 2.75) is 5.56 Å². The van der Waals surface area contributed by atoms with Crippen LogP contribution in [0.1, 0.15) is 11.1 Å². The summed E-state index contributed by atoms with van der Waals surface area (Å²) in [5, 5.41) is 20.1. The Balaban J connectivity index is 0. The Morgan fingerprint density at radius 3 is 2.07 bits per heavy atom. The molecule has 1 atom stereocenters. The first-order valence-electron chi connectivity index (χ1n) is 3.36. The molecule has 1 aromatic rings. The van der Waals surface area contributed by atoms with E-state index in [1.54, 1.807) is 30.3 Å². The van der Waals surface area contributed by atoms with Gasteiger partial charge in [0, 0.05) is 0 Å². The van der Waals surface area contributed by atoms with Gasteiger partial charge in [-0.15, -0.1) is 0 Å². The van der Waals surface area contributed by atoms with Crippen molar-refractivity contribution >= 4 is 18.9 Å². The van der Waals surface area contributed by atoms with Crippen LogP contribution in [-0.4, -0.2) is 7.32 Å². The van der Waals surface area contributed by atoms with E-state index in [1.165, 1.54) is 0 Å². The van der Waals surface area contributed by atoms with Crippen molar-refractivity contribution in [3.8, 4) is 0 Å². The van der Waals surface area contributed by atoms with Gasteiger partial charge in [0.1, 0.15) is 5.56 Å². The molecule has 0 bridgehead atoms. The zero-order valence-electron chi connectivity index (χ0n) is 8.14. The van der Waals surface area contributed by atoms with Crippen molar-refractivity contribution in [2.75, 3.05) is 0 Å². The fourth-order valence-corrected chi connectivity index (χ4v) is 1.01. The van der Waals surface area contributed by atoms with Crippen molar-refractivity contribution in [1.29, 1.82) is 0 Å². The average Bonchev–Trinajstić information content (AvgIpc) is 2.05. The third kappa shape index (κ3) is 6.85. The molecular formula is C7H6BClNa2O3. The Hall–Kier alpha value is 1.45. The molecule has 64 valence electrons. The molecule has 0 amide bonds. The molecule has 0 saturated heterocycles. The summed E-state index contributed by atoms with van der Waals surface area (Å²) < 4.78 is 4.29. The zero-order valence-corrected chi connectivity index (χ0v) is 12.9. The number of benzene rings is 1. The second-order valence-electron chi connectivity index (χ2n) is 2.15. The maximum absolute atomic E-state index is 10.0. The van der Waals surface area contributed by atoms with Crippen LogP contribution in [0.15, 0.2) is 30.3 Å². The van der Waals surface area contributed by atoms with Crippen LogP contribution in [0.3, 0.4) is 0 Å². The normalized spacial score (nSPS) is 10.8. The van der Waals surface area contributed by atoms with E-state index in [-0.39, 0.29) is 59.1 Å². The van der Waals surface area contributed by atoms with Crippen LogP contribution in [0.25, 0.3) is 0 Å². The molecule has 7 heteroatoms. The van der Waals surface area contributed by atoms with Gasteiger partial charge in [-0.25, -0.2) is 0 Å². The molecule has 1 aromatic carbocycles. The molecule has 0 saturated carbocycles. The zero-order chi connectivity index (χ0) is 8.97. The summed E-state index contributed by atoms with van der Waals surface area (Å²) in [7, 11) is -2.34. The monoisotopic (exact) mass is 230 g/mol. The molecule has 0 heterocycles. The standard InChI is InChI=1S/C7H6BClO3.2Na/c9-7(12-8(10)11)6-4-2-1-3-5-6;;/h1-5,7H;;/q-2;2*+1. The molecule has 1 unspecified atom stereocenters. The fourth-order valence-electron chi connectivity index (χ4n) is 0.780. The molecular weight excluding hydrogens is 224 g/mol. The van der Waals surface area contributed by atoms with E-state index in [0.717, 1.165) is 0 Å². The Bertz CT molecular complexity index is 238. The quantitative estimate of drug-likeness (QED) is 0.383. The van der Waals surface area contributed by atoms with Crippen molar-refractivity contribution in [2.24, 2.45) is 0 Å². The predicted molar refractivity (Wildman–Crippen MR) is 41.9 cm³/mol. The van der Waals surface area contributed by atoms with E-state index in [9.17, 15) is 10.0 Å². The topological polar surface area (TPSA) is 55.3 Å². The van der Waals surface area contributed by atoms with E-state index < -0.39 is 12.9 Å². The summed E-state index contributed by atoms with van der Waals surface area (Å²) in [6, 6.07) is 8.66. The van der Waals surface area contributed by atoms with E-state index in [4.69, 9.17) is 11.6 Å². The van der Waals surface area contributed by atoms with E-state index >= 15 is 0 Å². The molecule has 0 radical (unpaired) electrons. The number of hydrogen-bond donors (Lipinski definition) is 0. The number of alkyl halides is 1. The van der Waals surface area contributed by atoms with Gasteiger partial charge in [0.05, 0.1) is 7.32 Å². The summed E-state index contributed by atoms with van der Waals surface area (Å²) in [4.78, 5) is 0. The van der Waals surface area contributed by atoms with Crippen molar-refractivity contribution < 1.29 is 73.8 Å². The van der Waals surface area contributed by atoms with Crippen LogP contribution in [0.2, 0.25) is 0 Å². The minimum atomic E-state index is -2.34. The average molecular weight is 230 g/mol. The van der Waals surface area contributed by atoms with Crippen LogP contribution in [0.4, 0.5) is 0 Å². The molecule has 0 aliphatic heterocycles. The third-order valence-corrected chi connectivity index (χ3v) is 1.65. The van der Waals surface area contributed by atoms with Crippen LogP contribution in [-0.2, 0) is 4.65 Å².